The van der Waals surface area contributed by atoms with Crippen LogP contribution in [0.15, 0.2) is 57.4 Å². The summed E-state index contributed by atoms with van der Waals surface area (Å²) in [6.07, 6.45) is 4.42. The smallest absolute Gasteiger partial charge is 0.256 e. The van der Waals surface area contributed by atoms with Gasteiger partial charge in [-0.15, -0.1) is 5.10 Å². The zero-order valence-corrected chi connectivity index (χ0v) is 23.9. The third-order valence-corrected chi connectivity index (χ3v) is 8.95. The molecule has 0 spiro atoms. The number of aryl methyl sites for hydroxylation is 1. The molecule has 4 aliphatic rings. The molecule has 40 heavy (non-hydrogen) atoms. The minimum Gasteiger partial charge on any atom is -0.474 e. The van der Waals surface area contributed by atoms with Gasteiger partial charge < -0.3 is 14.5 Å². The molecule has 9 nitrogen and oxygen atoms in total. The van der Waals surface area contributed by atoms with Gasteiger partial charge in [0.1, 0.15) is 13.3 Å². The lowest BCUT2D eigenvalue weighted by Crippen LogP contribution is -2.49. The van der Waals surface area contributed by atoms with Gasteiger partial charge in [0.05, 0.1) is 45.8 Å². The molecule has 1 aliphatic carbocycles. The number of halogens is 1. The van der Waals surface area contributed by atoms with E-state index < -0.39 is 6.04 Å². The van der Waals surface area contributed by atoms with Crippen LogP contribution in [0.2, 0.25) is 0 Å². The molecule has 1 saturated carbocycles. The third-order valence-electron chi connectivity index (χ3n) is 8.32. The van der Waals surface area contributed by atoms with Gasteiger partial charge in [-0.25, -0.2) is 4.68 Å². The maximum absolute atomic E-state index is 14.2. The Bertz CT molecular complexity index is 1710. The molecule has 2 amide bonds. The first-order chi connectivity index (χ1) is 19.4. The monoisotopic (exact) mass is 600 g/mol. The topological polar surface area (TPSA) is 92.4 Å². The zero-order valence-electron chi connectivity index (χ0n) is 22.3. The van der Waals surface area contributed by atoms with Crippen molar-refractivity contribution in [1.82, 2.24) is 19.6 Å². The van der Waals surface area contributed by atoms with Gasteiger partial charge in [0.25, 0.3) is 5.91 Å². The molecule has 3 aromatic rings. The molecule has 0 radical (unpaired) electrons. The van der Waals surface area contributed by atoms with Crippen LogP contribution in [0.3, 0.4) is 0 Å². The molecule has 1 fully saturated rings. The van der Waals surface area contributed by atoms with Crippen LogP contribution in [-0.2, 0) is 11.2 Å². The first-order valence-corrected chi connectivity index (χ1v) is 14.5. The number of hydrogen-bond acceptors (Lipinski definition) is 6. The summed E-state index contributed by atoms with van der Waals surface area (Å²) in [6, 6.07) is 9.83. The maximum Gasteiger partial charge on any atom is 0.256 e. The molecule has 1 unspecified atom stereocenters. The van der Waals surface area contributed by atoms with Crippen molar-refractivity contribution in [3.63, 3.8) is 0 Å². The van der Waals surface area contributed by atoms with E-state index in [1.54, 1.807) is 11.0 Å². The lowest BCUT2D eigenvalue weighted by molar-refractivity contribution is -0.127. The van der Waals surface area contributed by atoms with Crippen molar-refractivity contribution in [3.05, 3.63) is 86.1 Å². The second kappa shape index (κ2) is 9.69. The fourth-order valence-corrected chi connectivity index (χ4v) is 6.58. The summed E-state index contributed by atoms with van der Waals surface area (Å²) in [4.78, 5) is 39.5. The molecule has 0 saturated heterocycles. The van der Waals surface area contributed by atoms with Crippen molar-refractivity contribution in [1.29, 1.82) is 0 Å². The third kappa shape index (κ3) is 4.08. The number of carbonyl (C=O) groups is 2. The molecule has 3 aliphatic heterocycles. The summed E-state index contributed by atoms with van der Waals surface area (Å²) in [6.45, 7) is 7.59. The standard InChI is InChI=1S/C30H29BrN6O3/c1-3-25(38)35-12-13-40-29-26-23(37(34-29)22-9-6-19(14-17(22)2)18-4-5-18)10-11-36(24(26)15-35)30(39)20-7-8-21(31)28-27(20)32-16-33-28/h3,6-9,14,18,24H,1,4-5,10-13,15-16H2,2H3. The molecule has 2 aromatic carbocycles. The highest BCUT2D eigenvalue weighted by molar-refractivity contribution is 9.10. The molecule has 0 bridgehead atoms. The van der Waals surface area contributed by atoms with Crippen LogP contribution in [-0.4, -0.2) is 64.3 Å². The first-order valence-electron chi connectivity index (χ1n) is 13.7. The summed E-state index contributed by atoms with van der Waals surface area (Å²) in [5.41, 5.74) is 5.93. The van der Waals surface area contributed by atoms with Crippen molar-refractivity contribution in [2.24, 2.45) is 9.98 Å². The van der Waals surface area contributed by atoms with Crippen LogP contribution < -0.4 is 15.5 Å². The van der Waals surface area contributed by atoms with Gasteiger partial charge in [-0.05, 0) is 77.0 Å². The number of aromatic nitrogens is 2. The minimum atomic E-state index is -0.437. The molecule has 204 valence electrons. The minimum absolute atomic E-state index is 0.143. The zero-order chi connectivity index (χ0) is 27.5. The predicted molar refractivity (Wildman–Crippen MR) is 151 cm³/mol. The molecule has 1 aromatic heterocycles. The van der Waals surface area contributed by atoms with Crippen molar-refractivity contribution < 1.29 is 14.3 Å². The second-order valence-corrected chi connectivity index (χ2v) is 11.6. The van der Waals surface area contributed by atoms with Crippen LogP contribution >= 0.6 is 15.9 Å². The van der Waals surface area contributed by atoms with Crippen LogP contribution in [0.4, 0.5) is 0 Å². The molecular formula is C30H29BrN6O3. The van der Waals surface area contributed by atoms with Gasteiger partial charge >= 0.3 is 0 Å². The number of benzene rings is 2. The summed E-state index contributed by atoms with van der Waals surface area (Å²) < 4.78 is 9.00. The Morgan fingerprint density at radius 3 is 2.73 bits per heavy atom. The van der Waals surface area contributed by atoms with E-state index in [9.17, 15) is 9.59 Å². The highest BCUT2D eigenvalue weighted by Crippen LogP contribution is 2.42. The summed E-state index contributed by atoms with van der Waals surface area (Å²) in [7, 11) is 0. The summed E-state index contributed by atoms with van der Waals surface area (Å²) in [5.74, 6) is 0.859. The molecule has 7 rings (SSSR count). The summed E-state index contributed by atoms with van der Waals surface area (Å²) in [5, 5.41) is 6.26. The number of fused-ring (bicyclic) bond motifs is 1. The van der Waals surface area contributed by atoms with Crippen LogP contribution in [0.1, 0.15) is 57.5 Å². The number of rotatable bonds is 4. The van der Waals surface area contributed by atoms with Crippen LogP contribution in [0, 0.1) is 6.92 Å². The van der Waals surface area contributed by atoms with E-state index in [-0.39, 0.29) is 11.8 Å². The van der Waals surface area contributed by atoms with Crippen molar-refractivity contribution in [2.45, 2.75) is 38.1 Å². The van der Waals surface area contributed by atoms with Crippen molar-refractivity contribution in [3.8, 4) is 11.6 Å². The number of ether oxygens (including phenoxy) is 1. The van der Waals surface area contributed by atoms with E-state index in [1.165, 1.54) is 24.5 Å². The Morgan fingerprint density at radius 1 is 1.12 bits per heavy atom. The average Bonchev–Trinajstić information content (AvgIpc) is 3.56. The predicted octanol–water partition coefficient (Wildman–Crippen LogP) is 3.18. The fourth-order valence-electron chi connectivity index (χ4n) is 6.13. The van der Waals surface area contributed by atoms with Gasteiger partial charge in [-0.1, -0.05) is 18.7 Å². The normalized spacial score (nSPS) is 19.4. The lowest BCUT2D eigenvalue weighted by Gasteiger charge is -2.39. The van der Waals surface area contributed by atoms with E-state index in [2.05, 4.69) is 57.6 Å². The maximum atomic E-state index is 14.2. The molecule has 4 heterocycles. The SMILES string of the molecule is C=CC(=O)N1CCOc2nn(-c3ccc(C4CC4)cc3C)c3c2C(C1)N(C(=O)c1ccc(Br)c2c1=NCN=2)CC3. The highest BCUT2D eigenvalue weighted by atomic mass is 79.9. The molecule has 1 atom stereocenters. The molecule has 10 heteroatoms. The highest BCUT2D eigenvalue weighted by Gasteiger charge is 2.41. The quantitative estimate of drug-likeness (QED) is 0.430. The van der Waals surface area contributed by atoms with E-state index in [0.29, 0.717) is 67.4 Å². The van der Waals surface area contributed by atoms with Crippen LogP contribution in [0.5, 0.6) is 5.88 Å². The molecular weight excluding hydrogens is 572 g/mol. The summed E-state index contributed by atoms with van der Waals surface area (Å²) >= 11 is 3.53. The van der Waals surface area contributed by atoms with E-state index in [1.807, 2.05) is 15.6 Å². The number of nitrogens with zero attached hydrogens (tertiary/aromatic N) is 6. The number of amides is 2. The Kier molecular flexibility index (Phi) is 6.10. The van der Waals surface area contributed by atoms with Gasteiger partial charge in [-0.3, -0.25) is 19.6 Å². The van der Waals surface area contributed by atoms with Gasteiger partial charge in [0.15, 0.2) is 0 Å². The van der Waals surface area contributed by atoms with E-state index in [0.717, 1.165) is 27.0 Å². The van der Waals surface area contributed by atoms with E-state index >= 15 is 0 Å². The Morgan fingerprint density at radius 2 is 1.95 bits per heavy atom. The molecule has 0 N–H and O–H groups in total. The van der Waals surface area contributed by atoms with Gasteiger partial charge in [0, 0.05) is 24.0 Å². The second-order valence-electron chi connectivity index (χ2n) is 10.7. The Balaban J connectivity index is 1.34. The van der Waals surface area contributed by atoms with Crippen molar-refractivity contribution in [2.75, 3.05) is 32.9 Å². The van der Waals surface area contributed by atoms with Crippen molar-refractivity contribution >= 4 is 27.7 Å². The van der Waals surface area contributed by atoms with Gasteiger partial charge in [0.2, 0.25) is 11.8 Å². The van der Waals surface area contributed by atoms with E-state index in [4.69, 9.17) is 9.84 Å². The Labute approximate surface area is 240 Å². The number of carbonyl (C=O) groups excluding carboxylic acids is 2. The number of hydrogen-bond donors (Lipinski definition) is 0. The van der Waals surface area contributed by atoms with Crippen LogP contribution in [0.25, 0.3) is 5.69 Å². The largest absolute Gasteiger partial charge is 0.474 e. The Hall–Kier alpha value is -3.79. The van der Waals surface area contributed by atoms with Gasteiger partial charge in [-0.2, -0.15) is 0 Å². The fraction of sp³-hybridized carbons (Fsp3) is 0.367. The first kappa shape index (κ1) is 25.2. The average molecular weight is 602 g/mol. The lowest BCUT2D eigenvalue weighted by atomic mass is 9.95.